The summed E-state index contributed by atoms with van der Waals surface area (Å²) < 4.78 is 10.9. The first kappa shape index (κ1) is 26.8. The molecule has 0 radical (unpaired) electrons. The Morgan fingerprint density at radius 2 is 1.76 bits per heavy atom. The Labute approximate surface area is 221 Å². The van der Waals surface area contributed by atoms with Crippen LogP contribution in [0.25, 0.3) is 21.8 Å². The predicted molar refractivity (Wildman–Crippen MR) is 147 cm³/mol. The van der Waals surface area contributed by atoms with Gasteiger partial charge in [0.05, 0.1) is 31.4 Å². The fourth-order valence-corrected chi connectivity index (χ4v) is 4.14. The van der Waals surface area contributed by atoms with Gasteiger partial charge in [0.25, 0.3) is 0 Å². The third-order valence-electron chi connectivity index (χ3n) is 6.14. The Hall–Kier alpha value is -4.21. The Morgan fingerprint density at radius 1 is 1.03 bits per heavy atom. The number of benzene rings is 2. The molecular weight excluding hydrogens is 484 g/mol. The molecule has 0 aliphatic heterocycles. The molecule has 4 aromatic rings. The number of rotatable bonds is 9. The Balaban J connectivity index is 1.75. The molecule has 1 N–H and O–H groups in total. The van der Waals surface area contributed by atoms with E-state index in [9.17, 15) is 9.59 Å². The lowest BCUT2D eigenvalue weighted by atomic mass is 9.90. The summed E-state index contributed by atoms with van der Waals surface area (Å²) >= 11 is 0. The van der Waals surface area contributed by atoms with E-state index in [1.807, 2.05) is 25.1 Å². The zero-order chi connectivity index (χ0) is 27.4. The van der Waals surface area contributed by atoms with E-state index in [1.165, 1.54) is 16.1 Å². The van der Waals surface area contributed by atoms with Crippen molar-refractivity contribution in [3.8, 4) is 11.5 Å². The first-order valence-corrected chi connectivity index (χ1v) is 12.6. The van der Waals surface area contributed by atoms with Crippen LogP contribution >= 0.6 is 0 Å². The molecule has 38 heavy (non-hydrogen) atoms. The molecule has 0 saturated carbocycles. The van der Waals surface area contributed by atoms with Crippen molar-refractivity contribution < 1.29 is 19.1 Å². The SMILES string of the molecule is CCCC(=O)N(c1ncnc2cc(OC)c(OC)cc12)n1ncc2cc(NC(=O)CCC(C)(C)C)ccc21. The molecule has 0 bridgehead atoms. The number of hydrogen-bond acceptors (Lipinski definition) is 7. The van der Waals surface area contributed by atoms with Gasteiger partial charge in [-0.3, -0.25) is 9.59 Å². The first-order valence-electron chi connectivity index (χ1n) is 12.6. The number of amides is 2. The van der Waals surface area contributed by atoms with E-state index < -0.39 is 0 Å². The molecule has 10 nitrogen and oxygen atoms in total. The Kier molecular flexibility index (Phi) is 7.80. The summed E-state index contributed by atoms with van der Waals surface area (Å²) in [6.45, 7) is 8.27. The third kappa shape index (κ3) is 5.69. The minimum Gasteiger partial charge on any atom is -0.493 e. The van der Waals surface area contributed by atoms with Crippen LogP contribution in [0, 0.1) is 5.41 Å². The number of aromatic nitrogens is 4. The summed E-state index contributed by atoms with van der Waals surface area (Å²) in [7, 11) is 3.10. The molecule has 0 aliphatic rings. The van der Waals surface area contributed by atoms with E-state index in [2.05, 4.69) is 41.2 Å². The maximum absolute atomic E-state index is 13.5. The first-order chi connectivity index (χ1) is 18.1. The second-order valence-corrected chi connectivity index (χ2v) is 10.3. The molecule has 2 aromatic heterocycles. The van der Waals surface area contributed by atoms with Gasteiger partial charge >= 0.3 is 0 Å². The van der Waals surface area contributed by atoms with Gasteiger partial charge in [-0.15, -0.1) is 0 Å². The van der Waals surface area contributed by atoms with Gasteiger partial charge in [-0.2, -0.15) is 14.9 Å². The maximum Gasteiger partial charge on any atom is 0.248 e. The molecule has 0 unspecified atom stereocenters. The van der Waals surface area contributed by atoms with Gasteiger partial charge in [0.1, 0.15) is 6.33 Å². The van der Waals surface area contributed by atoms with Crippen molar-refractivity contribution in [1.29, 1.82) is 0 Å². The Morgan fingerprint density at radius 3 is 2.45 bits per heavy atom. The van der Waals surface area contributed by atoms with E-state index in [1.54, 1.807) is 32.5 Å². The number of carbonyl (C=O) groups is 2. The lowest BCUT2D eigenvalue weighted by Crippen LogP contribution is -2.37. The molecular formula is C28H34N6O4. The maximum atomic E-state index is 13.5. The predicted octanol–water partition coefficient (Wildman–Crippen LogP) is 5.36. The highest BCUT2D eigenvalue weighted by Crippen LogP contribution is 2.35. The smallest absolute Gasteiger partial charge is 0.248 e. The lowest BCUT2D eigenvalue weighted by Gasteiger charge is -2.23. The van der Waals surface area contributed by atoms with Crippen LogP contribution in [-0.2, 0) is 9.59 Å². The minimum absolute atomic E-state index is 0.0387. The molecule has 0 saturated heterocycles. The number of hydrogen-bond donors (Lipinski definition) is 1. The number of nitrogens with zero attached hydrogens (tertiary/aromatic N) is 5. The molecule has 200 valence electrons. The largest absolute Gasteiger partial charge is 0.493 e. The summed E-state index contributed by atoms with van der Waals surface area (Å²) in [5.41, 5.74) is 2.04. The standard InChI is InChI=1S/C28H34N6O4/c1-7-8-26(36)33(27-20-14-23(37-5)24(38-6)15-21(20)29-17-30-27)34-22-10-9-19(13-18(22)16-31-34)32-25(35)11-12-28(2,3)4/h9-10,13-17H,7-8,11-12H2,1-6H3,(H,32,35). The highest BCUT2D eigenvalue weighted by molar-refractivity contribution is 6.02. The molecule has 4 rings (SSSR count). The lowest BCUT2D eigenvalue weighted by molar-refractivity contribution is -0.119. The summed E-state index contributed by atoms with van der Waals surface area (Å²) in [5, 5.41) is 10.3. The number of anilines is 2. The van der Waals surface area contributed by atoms with E-state index in [0.717, 1.165) is 11.8 Å². The number of nitrogens with one attached hydrogen (secondary N) is 1. The van der Waals surface area contributed by atoms with E-state index in [4.69, 9.17) is 9.47 Å². The number of methoxy groups -OCH3 is 2. The monoisotopic (exact) mass is 518 g/mol. The van der Waals surface area contributed by atoms with Gasteiger partial charge in [0, 0.05) is 35.4 Å². The summed E-state index contributed by atoms with van der Waals surface area (Å²) in [6, 6.07) is 9.00. The third-order valence-corrected chi connectivity index (χ3v) is 6.14. The summed E-state index contributed by atoms with van der Waals surface area (Å²) in [5.74, 6) is 1.18. The van der Waals surface area contributed by atoms with E-state index >= 15 is 0 Å². The van der Waals surface area contributed by atoms with Crippen LogP contribution in [-0.4, -0.2) is 45.9 Å². The van der Waals surface area contributed by atoms with Crippen LogP contribution < -0.4 is 19.8 Å². The molecule has 0 spiro atoms. The van der Waals surface area contributed by atoms with Crippen LogP contribution in [0.4, 0.5) is 11.5 Å². The molecule has 0 fully saturated rings. The van der Waals surface area contributed by atoms with Gasteiger partial charge in [-0.1, -0.05) is 27.7 Å². The van der Waals surface area contributed by atoms with Crippen molar-refractivity contribution in [2.24, 2.45) is 5.41 Å². The average molecular weight is 519 g/mol. The van der Waals surface area contributed by atoms with E-state index in [0.29, 0.717) is 58.7 Å². The zero-order valence-corrected chi connectivity index (χ0v) is 22.7. The molecule has 0 aliphatic carbocycles. The van der Waals surface area contributed by atoms with Gasteiger partial charge < -0.3 is 14.8 Å². The zero-order valence-electron chi connectivity index (χ0n) is 22.7. The Bertz CT molecular complexity index is 1470. The molecule has 10 heteroatoms. The van der Waals surface area contributed by atoms with Crippen molar-refractivity contribution in [2.75, 3.05) is 24.5 Å². The van der Waals surface area contributed by atoms with Crippen LogP contribution in [0.1, 0.15) is 53.4 Å². The number of ether oxygens (including phenoxy) is 2. The number of fused-ring (bicyclic) bond motifs is 2. The second-order valence-electron chi connectivity index (χ2n) is 10.3. The average Bonchev–Trinajstić information content (AvgIpc) is 3.29. The van der Waals surface area contributed by atoms with Crippen LogP contribution in [0.15, 0.2) is 42.9 Å². The van der Waals surface area contributed by atoms with E-state index in [-0.39, 0.29) is 17.2 Å². The van der Waals surface area contributed by atoms with Gasteiger partial charge in [0.15, 0.2) is 17.3 Å². The minimum atomic E-state index is -0.174. The number of carbonyl (C=O) groups excluding carboxylic acids is 2. The fourth-order valence-electron chi connectivity index (χ4n) is 4.14. The van der Waals surface area contributed by atoms with Gasteiger partial charge in [-0.05, 0) is 42.5 Å². The van der Waals surface area contributed by atoms with Crippen molar-refractivity contribution >= 4 is 45.1 Å². The molecule has 0 atom stereocenters. The molecule has 2 heterocycles. The summed E-state index contributed by atoms with van der Waals surface area (Å²) in [4.78, 5) is 36.3. The van der Waals surface area contributed by atoms with Crippen LogP contribution in [0.2, 0.25) is 0 Å². The van der Waals surface area contributed by atoms with Crippen LogP contribution in [0.5, 0.6) is 11.5 Å². The van der Waals surface area contributed by atoms with Crippen molar-refractivity contribution in [2.45, 2.75) is 53.4 Å². The molecule has 2 aromatic carbocycles. The normalized spacial score (nSPS) is 11.5. The van der Waals surface area contributed by atoms with Crippen LogP contribution in [0.3, 0.4) is 0 Å². The highest BCUT2D eigenvalue weighted by atomic mass is 16.5. The summed E-state index contributed by atoms with van der Waals surface area (Å²) in [6.07, 6.45) is 5.25. The van der Waals surface area contributed by atoms with Gasteiger partial charge in [-0.25, -0.2) is 9.97 Å². The molecule has 2 amide bonds. The fraction of sp³-hybridized carbons (Fsp3) is 0.393. The van der Waals surface area contributed by atoms with Crippen molar-refractivity contribution in [3.05, 3.63) is 42.9 Å². The second kappa shape index (κ2) is 11.0. The van der Waals surface area contributed by atoms with Gasteiger partial charge in [0.2, 0.25) is 11.8 Å². The van der Waals surface area contributed by atoms with Crippen molar-refractivity contribution in [1.82, 2.24) is 19.9 Å². The van der Waals surface area contributed by atoms with Crippen molar-refractivity contribution in [3.63, 3.8) is 0 Å². The topological polar surface area (TPSA) is 111 Å². The highest BCUT2D eigenvalue weighted by Gasteiger charge is 2.25. The quantitative estimate of drug-likeness (QED) is 0.318.